The summed E-state index contributed by atoms with van der Waals surface area (Å²) in [5.41, 5.74) is 0. The van der Waals surface area contributed by atoms with Crippen molar-refractivity contribution < 1.29 is 14.4 Å². The van der Waals surface area contributed by atoms with E-state index in [9.17, 15) is 10.0 Å². The van der Waals surface area contributed by atoms with E-state index in [-0.39, 0.29) is 18.4 Å². The third-order valence-corrected chi connectivity index (χ3v) is 3.23. The van der Waals surface area contributed by atoms with E-state index in [4.69, 9.17) is 4.42 Å². The topological polar surface area (TPSA) is 105 Å². The SMILES string of the molecule is CCCCC[C@H](CN(O)C=O)c1nnc(-c2ncccn2)o1. The molecule has 8 heteroatoms. The van der Waals surface area contributed by atoms with E-state index in [2.05, 4.69) is 27.1 Å². The summed E-state index contributed by atoms with van der Waals surface area (Å²) in [6.07, 6.45) is 7.38. The third-order valence-electron chi connectivity index (χ3n) is 3.23. The molecule has 2 aromatic rings. The van der Waals surface area contributed by atoms with Crippen molar-refractivity contribution in [3.8, 4) is 11.7 Å². The molecule has 0 saturated carbocycles. The number of amides is 1. The van der Waals surface area contributed by atoms with Crippen molar-refractivity contribution in [2.24, 2.45) is 0 Å². The molecular weight excluding hydrogens is 286 g/mol. The van der Waals surface area contributed by atoms with Crippen LogP contribution in [0.1, 0.15) is 44.4 Å². The summed E-state index contributed by atoms with van der Waals surface area (Å²) >= 11 is 0. The number of carbonyl (C=O) groups excluding carboxylic acids is 1. The standard InChI is InChI=1S/C14H19N5O3/c1-2-3-4-6-11(9-19(21)10-20)13-17-18-14(22-13)12-15-7-5-8-16-12/h5,7-8,10-11,21H,2-4,6,9H2,1H3/t11-/m1/s1. The molecule has 0 aromatic carbocycles. The number of carbonyl (C=O) groups is 1. The molecule has 0 fully saturated rings. The Labute approximate surface area is 128 Å². The van der Waals surface area contributed by atoms with E-state index >= 15 is 0 Å². The number of hydrogen-bond donors (Lipinski definition) is 1. The quantitative estimate of drug-likeness (QED) is 0.327. The molecule has 118 valence electrons. The van der Waals surface area contributed by atoms with Gasteiger partial charge in [0.2, 0.25) is 18.1 Å². The Hall–Kier alpha value is -2.35. The molecule has 0 aliphatic carbocycles. The molecule has 0 aliphatic rings. The zero-order valence-corrected chi connectivity index (χ0v) is 12.4. The Morgan fingerprint density at radius 2 is 2.09 bits per heavy atom. The van der Waals surface area contributed by atoms with Crippen molar-refractivity contribution in [1.29, 1.82) is 0 Å². The van der Waals surface area contributed by atoms with Crippen LogP contribution in [0.4, 0.5) is 0 Å². The molecule has 1 amide bonds. The fraction of sp³-hybridized carbons (Fsp3) is 0.500. The monoisotopic (exact) mass is 305 g/mol. The minimum absolute atomic E-state index is 0.116. The van der Waals surface area contributed by atoms with Crippen molar-refractivity contribution in [1.82, 2.24) is 25.2 Å². The van der Waals surface area contributed by atoms with Crippen LogP contribution < -0.4 is 0 Å². The first-order chi connectivity index (χ1) is 10.7. The van der Waals surface area contributed by atoms with Crippen LogP contribution >= 0.6 is 0 Å². The van der Waals surface area contributed by atoms with Gasteiger partial charge in [-0.2, -0.15) is 0 Å². The van der Waals surface area contributed by atoms with Gasteiger partial charge in [-0.05, 0) is 12.5 Å². The number of rotatable bonds is 9. The molecule has 1 atom stereocenters. The largest absolute Gasteiger partial charge is 0.418 e. The molecular formula is C14H19N5O3. The zero-order valence-electron chi connectivity index (χ0n) is 12.4. The van der Waals surface area contributed by atoms with Crippen molar-refractivity contribution in [3.05, 3.63) is 24.4 Å². The fourth-order valence-corrected chi connectivity index (χ4v) is 2.10. The lowest BCUT2D eigenvalue weighted by Gasteiger charge is -2.16. The maximum atomic E-state index is 10.6. The predicted octanol–water partition coefficient (Wildman–Crippen LogP) is 2.04. The van der Waals surface area contributed by atoms with Crippen molar-refractivity contribution in [2.45, 2.75) is 38.5 Å². The van der Waals surface area contributed by atoms with Gasteiger partial charge in [-0.3, -0.25) is 10.0 Å². The summed E-state index contributed by atoms with van der Waals surface area (Å²) < 4.78 is 5.61. The van der Waals surface area contributed by atoms with Crippen LogP contribution in [0.3, 0.4) is 0 Å². The second kappa shape index (κ2) is 8.18. The van der Waals surface area contributed by atoms with Crippen LogP contribution in [0.15, 0.2) is 22.9 Å². The van der Waals surface area contributed by atoms with Crippen molar-refractivity contribution >= 4 is 6.41 Å². The molecule has 0 saturated heterocycles. The number of nitrogens with zero attached hydrogens (tertiary/aromatic N) is 5. The second-order valence-electron chi connectivity index (χ2n) is 4.94. The van der Waals surface area contributed by atoms with Gasteiger partial charge in [0, 0.05) is 12.4 Å². The summed E-state index contributed by atoms with van der Waals surface area (Å²) in [6, 6.07) is 1.70. The Morgan fingerprint density at radius 1 is 1.32 bits per heavy atom. The molecule has 2 heterocycles. The molecule has 0 unspecified atom stereocenters. The van der Waals surface area contributed by atoms with Gasteiger partial charge in [-0.15, -0.1) is 10.2 Å². The highest BCUT2D eigenvalue weighted by Crippen LogP contribution is 2.24. The second-order valence-corrected chi connectivity index (χ2v) is 4.94. The van der Waals surface area contributed by atoms with E-state index in [1.54, 1.807) is 18.5 Å². The normalized spacial score (nSPS) is 12.1. The Bertz CT molecular complexity index is 575. The summed E-state index contributed by atoms with van der Waals surface area (Å²) in [5.74, 6) is 0.739. The number of hydroxylamine groups is 2. The van der Waals surface area contributed by atoms with Gasteiger partial charge in [-0.1, -0.05) is 26.2 Å². The van der Waals surface area contributed by atoms with Crippen LogP contribution in [-0.4, -0.2) is 43.4 Å². The van der Waals surface area contributed by atoms with Gasteiger partial charge in [0.1, 0.15) is 0 Å². The van der Waals surface area contributed by atoms with Gasteiger partial charge in [0.25, 0.3) is 5.89 Å². The minimum Gasteiger partial charge on any atom is -0.418 e. The average Bonchev–Trinajstić information content (AvgIpc) is 3.04. The summed E-state index contributed by atoms with van der Waals surface area (Å²) in [5, 5.41) is 18.0. The molecule has 2 rings (SSSR count). The molecule has 0 radical (unpaired) electrons. The predicted molar refractivity (Wildman–Crippen MR) is 76.8 cm³/mol. The van der Waals surface area contributed by atoms with Crippen LogP contribution in [0.2, 0.25) is 0 Å². The van der Waals surface area contributed by atoms with Crippen LogP contribution in [-0.2, 0) is 4.79 Å². The van der Waals surface area contributed by atoms with Gasteiger partial charge in [-0.25, -0.2) is 15.0 Å². The molecule has 8 nitrogen and oxygen atoms in total. The van der Waals surface area contributed by atoms with Gasteiger partial charge >= 0.3 is 0 Å². The Balaban J connectivity index is 2.12. The highest BCUT2D eigenvalue weighted by atomic mass is 16.5. The summed E-state index contributed by atoms with van der Waals surface area (Å²) in [4.78, 5) is 18.7. The van der Waals surface area contributed by atoms with E-state index < -0.39 is 0 Å². The molecule has 0 bridgehead atoms. The summed E-state index contributed by atoms with van der Waals surface area (Å²) in [6.45, 7) is 2.22. The van der Waals surface area contributed by atoms with Crippen LogP contribution in [0.25, 0.3) is 11.7 Å². The van der Waals surface area contributed by atoms with E-state index in [0.29, 0.717) is 23.2 Å². The first-order valence-corrected chi connectivity index (χ1v) is 7.26. The Kier molecular flexibility index (Phi) is 5.96. The Morgan fingerprint density at radius 3 is 2.77 bits per heavy atom. The highest BCUT2D eigenvalue weighted by molar-refractivity contribution is 5.44. The maximum Gasteiger partial charge on any atom is 0.285 e. The van der Waals surface area contributed by atoms with E-state index in [1.807, 2.05) is 0 Å². The maximum absolute atomic E-state index is 10.6. The molecule has 0 aliphatic heterocycles. The smallest absolute Gasteiger partial charge is 0.285 e. The van der Waals surface area contributed by atoms with Crippen LogP contribution in [0, 0.1) is 0 Å². The molecule has 2 aromatic heterocycles. The molecule has 0 spiro atoms. The van der Waals surface area contributed by atoms with Crippen LogP contribution in [0.5, 0.6) is 0 Å². The first kappa shape index (κ1) is 16.0. The van der Waals surface area contributed by atoms with Crippen molar-refractivity contribution in [2.75, 3.05) is 6.54 Å². The lowest BCUT2D eigenvalue weighted by Crippen LogP contribution is -2.24. The number of aromatic nitrogens is 4. The van der Waals surface area contributed by atoms with Crippen molar-refractivity contribution in [3.63, 3.8) is 0 Å². The number of unbranched alkanes of at least 4 members (excludes halogenated alkanes) is 2. The van der Waals surface area contributed by atoms with Gasteiger partial charge < -0.3 is 4.42 Å². The zero-order chi connectivity index (χ0) is 15.8. The lowest BCUT2D eigenvalue weighted by atomic mass is 10.0. The average molecular weight is 305 g/mol. The van der Waals surface area contributed by atoms with Gasteiger partial charge in [0.15, 0.2) is 0 Å². The van der Waals surface area contributed by atoms with E-state index in [1.165, 1.54) is 0 Å². The lowest BCUT2D eigenvalue weighted by molar-refractivity contribution is -0.151. The van der Waals surface area contributed by atoms with E-state index in [0.717, 1.165) is 25.7 Å². The fourth-order valence-electron chi connectivity index (χ4n) is 2.10. The first-order valence-electron chi connectivity index (χ1n) is 7.26. The molecule has 22 heavy (non-hydrogen) atoms. The summed E-state index contributed by atoms with van der Waals surface area (Å²) in [7, 11) is 0. The third kappa shape index (κ3) is 4.32. The number of hydrogen-bond acceptors (Lipinski definition) is 7. The van der Waals surface area contributed by atoms with Gasteiger partial charge in [0.05, 0.1) is 12.5 Å². The minimum atomic E-state index is -0.216. The highest BCUT2D eigenvalue weighted by Gasteiger charge is 2.22. The molecule has 1 N–H and O–H groups in total.